The van der Waals surface area contributed by atoms with Crippen molar-refractivity contribution in [2.45, 2.75) is 12.5 Å². The van der Waals surface area contributed by atoms with E-state index in [1.807, 2.05) is 0 Å². The third kappa shape index (κ3) is 4.45. The van der Waals surface area contributed by atoms with Crippen LogP contribution >= 0.6 is 0 Å². The van der Waals surface area contributed by atoms with Crippen LogP contribution < -0.4 is 10.6 Å². The Morgan fingerprint density at radius 3 is 2.35 bits per heavy atom. The molecular formula is C18H17FN2O4S. The number of benzene rings is 2. The van der Waals surface area contributed by atoms with Gasteiger partial charge in [-0.05, 0) is 42.8 Å². The molecule has 2 N–H and O–H groups in total. The van der Waals surface area contributed by atoms with Crippen molar-refractivity contribution in [1.29, 1.82) is 0 Å². The molecule has 1 aliphatic heterocycles. The highest BCUT2D eigenvalue weighted by molar-refractivity contribution is 7.91. The van der Waals surface area contributed by atoms with E-state index in [9.17, 15) is 22.4 Å². The lowest BCUT2D eigenvalue weighted by Crippen LogP contribution is -2.35. The molecule has 1 atom stereocenters. The molecule has 2 amide bonds. The number of halogens is 1. The van der Waals surface area contributed by atoms with Crippen molar-refractivity contribution in [3.05, 3.63) is 65.5 Å². The van der Waals surface area contributed by atoms with Crippen molar-refractivity contribution >= 4 is 27.3 Å². The Bertz CT molecular complexity index is 959. The van der Waals surface area contributed by atoms with Gasteiger partial charge in [0.1, 0.15) is 5.82 Å². The number of nitrogens with one attached hydrogen (secondary N) is 2. The van der Waals surface area contributed by atoms with Crippen LogP contribution in [0.3, 0.4) is 0 Å². The molecule has 0 aromatic heterocycles. The Labute approximate surface area is 150 Å². The summed E-state index contributed by atoms with van der Waals surface area (Å²) in [6.45, 7) is 0. The van der Waals surface area contributed by atoms with Crippen molar-refractivity contribution in [3.8, 4) is 0 Å². The largest absolute Gasteiger partial charge is 0.348 e. The first-order chi connectivity index (χ1) is 12.3. The number of hydrogen-bond donors (Lipinski definition) is 2. The zero-order valence-electron chi connectivity index (χ0n) is 13.7. The van der Waals surface area contributed by atoms with Gasteiger partial charge in [-0.3, -0.25) is 9.59 Å². The Hall–Kier alpha value is -2.74. The Balaban J connectivity index is 1.69. The zero-order chi connectivity index (χ0) is 18.7. The molecule has 136 valence electrons. The van der Waals surface area contributed by atoms with Gasteiger partial charge in [0.25, 0.3) is 11.8 Å². The molecule has 2 aromatic carbocycles. The second-order valence-corrected chi connectivity index (χ2v) is 8.35. The number of hydrogen-bond acceptors (Lipinski definition) is 4. The van der Waals surface area contributed by atoms with Crippen LogP contribution in [0.4, 0.5) is 10.1 Å². The minimum Gasteiger partial charge on any atom is -0.348 e. The molecule has 1 fully saturated rings. The molecule has 0 aliphatic carbocycles. The van der Waals surface area contributed by atoms with E-state index in [-0.39, 0.29) is 22.6 Å². The molecule has 1 heterocycles. The number of sulfone groups is 1. The minimum absolute atomic E-state index is 0.0635. The summed E-state index contributed by atoms with van der Waals surface area (Å²) in [7, 11) is -3.09. The maximum Gasteiger partial charge on any atom is 0.255 e. The SMILES string of the molecule is O=C(Nc1cccc(F)c1)c1cccc(C(=O)NC2CCS(=O)(=O)C2)c1. The fraction of sp³-hybridized carbons (Fsp3) is 0.222. The smallest absolute Gasteiger partial charge is 0.255 e. The maximum absolute atomic E-state index is 13.2. The van der Waals surface area contributed by atoms with Crippen molar-refractivity contribution in [2.75, 3.05) is 16.8 Å². The molecule has 1 aliphatic rings. The van der Waals surface area contributed by atoms with Gasteiger partial charge < -0.3 is 10.6 Å². The lowest BCUT2D eigenvalue weighted by atomic mass is 10.1. The van der Waals surface area contributed by atoms with E-state index in [0.29, 0.717) is 12.1 Å². The third-order valence-corrected chi connectivity index (χ3v) is 5.81. The van der Waals surface area contributed by atoms with E-state index in [4.69, 9.17) is 0 Å². The van der Waals surface area contributed by atoms with Gasteiger partial charge in [0, 0.05) is 22.9 Å². The quantitative estimate of drug-likeness (QED) is 0.854. The van der Waals surface area contributed by atoms with Crippen molar-refractivity contribution < 1.29 is 22.4 Å². The molecule has 1 unspecified atom stereocenters. The van der Waals surface area contributed by atoms with Crippen LogP contribution in [-0.4, -0.2) is 37.8 Å². The van der Waals surface area contributed by atoms with Crippen LogP contribution in [-0.2, 0) is 9.84 Å². The maximum atomic E-state index is 13.2. The second kappa shape index (κ2) is 7.25. The van der Waals surface area contributed by atoms with Gasteiger partial charge >= 0.3 is 0 Å². The summed E-state index contributed by atoms with van der Waals surface area (Å²) in [4.78, 5) is 24.6. The average molecular weight is 376 g/mol. The van der Waals surface area contributed by atoms with Gasteiger partial charge in [0.2, 0.25) is 0 Å². The molecule has 6 nitrogen and oxygen atoms in total. The van der Waals surface area contributed by atoms with E-state index >= 15 is 0 Å². The summed E-state index contributed by atoms with van der Waals surface area (Å²) in [5.41, 5.74) is 0.795. The highest BCUT2D eigenvalue weighted by Gasteiger charge is 2.29. The molecule has 3 rings (SSSR count). The van der Waals surface area contributed by atoms with Gasteiger partial charge in [-0.25, -0.2) is 12.8 Å². The van der Waals surface area contributed by atoms with Crippen molar-refractivity contribution in [2.24, 2.45) is 0 Å². The number of carbonyl (C=O) groups excluding carboxylic acids is 2. The minimum atomic E-state index is -3.09. The number of rotatable bonds is 4. The normalized spacial score (nSPS) is 18.3. The van der Waals surface area contributed by atoms with Crippen LogP contribution in [0.1, 0.15) is 27.1 Å². The van der Waals surface area contributed by atoms with E-state index in [2.05, 4.69) is 10.6 Å². The first-order valence-electron chi connectivity index (χ1n) is 8.01. The molecular weight excluding hydrogens is 359 g/mol. The van der Waals surface area contributed by atoms with Crippen LogP contribution in [0, 0.1) is 5.82 Å². The number of amides is 2. The molecule has 8 heteroatoms. The van der Waals surface area contributed by atoms with Crippen LogP contribution in [0.2, 0.25) is 0 Å². The Morgan fingerprint density at radius 1 is 1.00 bits per heavy atom. The fourth-order valence-electron chi connectivity index (χ4n) is 2.75. The lowest BCUT2D eigenvalue weighted by molar-refractivity contribution is 0.0941. The lowest BCUT2D eigenvalue weighted by Gasteiger charge is -2.11. The molecule has 0 bridgehead atoms. The standard InChI is InChI=1S/C18H17FN2O4S/c19-14-5-2-6-15(10-14)20-17(22)12-3-1-4-13(9-12)18(23)21-16-7-8-26(24,25)11-16/h1-6,9-10,16H,7-8,11H2,(H,20,22)(H,21,23). The molecule has 26 heavy (non-hydrogen) atoms. The molecule has 0 saturated carbocycles. The van der Waals surface area contributed by atoms with Gasteiger partial charge in [0.05, 0.1) is 11.5 Å². The number of carbonyl (C=O) groups is 2. The van der Waals surface area contributed by atoms with Crippen molar-refractivity contribution in [1.82, 2.24) is 5.32 Å². The van der Waals surface area contributed by atoms with Gasteiger partial charge in [-0.15, -0.1) is 0 Å². The highest BCUT2D eigenvalue weighted by atomic mass is 32.2. The first-order valence-corrected chi connectivity index (χ1v) is 9.83. The topological polar surface area (TPSA) is 92.3 Å². The Kier molecular flexibility index (Phi) is 5.03. The van der Waals surface area contributed by atoms with Gasteiger partial charge in [-0.2, -0.15) is 0 Å². The molecule has 0 spiro atoms. The Morgan fingerprint density at radius 2 is 1.69 bits per heavy atom. The first kappa shape index (κ1) is 18.1. The highest BCUT2D eigenvalue weighted by Crippen LogP contribution is 2.14. The summed E-state index contributed by atoms with van der Waals surface area (Å²) in [6, 6.07) is 11.1. The zero-order valence-corrected chi connectivity index (χ0v) is 14.6. The third-order valence-electron chi connectivity index (χ3n) is 4.04. The fourth-order valence-corrected chi connectivity index (χ4v) is 4.42. The van der Waals surface area contributed by atoms with E-state index in [1.165, 1.54) is 36.4 Å². The van der Waals surface area contributed by atoms with E-state index in [0.717, 1.165) is 0 Å². The molecule has 1 saturated heterocycles. The van der Waals surface area contributed by atoms with Crippen LogP contribution in [0.15, 0.2) is 48.5 Å². The second-order valence-electron chi connectivity index (χ2n) is 6.12. The summed E-state index contributed by atoms with van der Waals surface area (Å²) in [5.74, 6) is -1.39. The predicted molar refractivity (Wildman–Crippen MR) is 95.3 cm³/mol. The van der Waals surface area contributed by atoms with E-state index < -0.39 is 33.5 Å². The van der Waals surface area contributed by atoms with Crippen LogP contribution in [0.5, 0.6) is 0 Å². The van der Waals surface area contributed by atoms with Gasteiger partial charge in [-0.1, -0.05) is 12.1 Å². The van der Waals surface area contributed by atoms with E-state index in [1.54, 1.807) is 12.1 Å². The summed E-state index contributed by atoms with van der Waals surface area (Å²) < 4.78 is 36.1. The monoisotopic (exact) mass is 376 g/mol. The van der Waals surface area contributed by atoms with Crippen LogP contribution in [0.25, 0.3) is 0 Å². The summed E-state index contributed by atoms with van der Waals surface area (Å²) in [6.07, 6.45) is 0.383. The summed E-state index contributed by atoms with van der Waals surface area (Å²) >= 11 is 0. The number of anilines is 1. The predicted octanol–water partition coefficient (Wildman–Crippen LogP) is 1.99. The van der Waals surface area contributed by atoms with Gasteiger partial charge in [0.15, 0.2) is 9.84 Å². The average Bonchev–Trinajstić information content (AvgIpc) is 2.93. The molecule has 2 aromatic rings. The molecule has 0 radical (unpaired) electrons. The van der Waals surface area contributed by atoms with Crippen molar-refractivity contribution in [3.63, 3.8) is 0 Å². The summed E-state index contributed by atoms with van der Waals surface area (Å²) in [5, 5.41) is 5.23.